The quantitative estimate of drug-likeness (QED) is 0.610. The van der Waals surface area contributed by atoms with Crippen LogP contribution in [0.15, 0.2) is 30.5 Å². The van der Waals surface area contributed by atoms with Crippen molar-refractivity contribution in [2.45, 2.75) is 6.92 Å². The zero-order chi connectivity index (χ0) is 13.1. The van der Waals surface area contributed by atoms with Crippen LogP contribution in [0.4, 0.5) is 0 Å². The van der Waals surface area contributed by atoms with Gasteiger partial charge in [0.15, 0.2) is 12.0 Å². The van der Waals surface area contributed by atoms with Crippen molar-refractivity contribution >= 4 is 12.3 Å². The minimum atomic E-state index is -0.622. The molecular weight excluding hydrogens is 232 g/mol. The number of carbonyl (C=O) groups excluding carboxylic acids is 2. The van der Waals surface area contributed by atoms with Gasteiger partial charge in [-0.15, -0.1) is 0 Å². The molecule has 1 aromatic heterocycles. The van der Waals surface area contributed by atoms with Crippen molar-refractivity contribution in [3.63, 3.8) is 0 Å². The molecule has 2 aromatic rings. The van der Waals surface area contributed by atoms with E-state index in [1.165, 1.54) is 18.0 Å². The molecule has 0 aliphatic heterocycles. The summed E-state index contributed by atoms with van der Waals surface area (Å²) in [5.74, 6) is -0.622. The third-order valence-corrected chi connectivity index (χ3v) is 2.55. The second-order valence-electron chi connectivity index (χ2n) is 3.82. The first kappa shape index (κ1) is 12.0. The molecule has 5 heteroatoms. The van der Waals surface area contributed by atoms with Gasteiger partial charge >= 0.3 is 5.97 Å². The molecule has 92 valence electrons. The lowest BCUT2D eigenvalue weighted by molar-refractivity contribution is 0.0591. The monoisotopic (exact) mass is 244 g/mol. The number of aryl methyl sites for hydroxylation is 1. The highest BCUT2D eigenvalue weighted by Gasteiger charge is 2.17. The fourth-order valence-corrected chi connectivity index (χ4v) is 1.56. The molecule has 1 heterocycles. The minimum Gasteiger partial charge on any atom is -0.464 e. The highest BCUT2D eigenvalue weighted by molar-refractivity contribution is 5.96. The van der Waals surface area contributed by atoms with E-state index >= 15 is 0 Å². The summed E-state index contributed by atoms with van der Waals surface area (Å²) in [7, 11) is 1.25. The third kappa shape index (κ3) is 2.15. The molecule has 0 radical (unpaired) electrons. The van der Waals surface area contributed by atoms with E-state index in [9.17, 15) is 9.59 Å². The van der Waals surface area contributed by atoms with Gasteiger partial charge in [0, 0.05) is 6.20 Å². The fraction of sp³-hybridized carbons (Fsp3) is 0.154. The molecule has 0 saturated heterocycles. The van der Waals surface area contributed by atoms with Crippen molar-refractivity contribution < 1.29 is 14.3 Å². The number of aldehydes is 1. The van der Waals surface area contributed by atoms with Crippen LogP contribution in [-0.2, 0) is 4.74 Å². The predicted molar refractivity (Wildman–Crippen MR) is 65.0 cm³/mol. The van der Waals surface area contributed by atoms with Crippen molar-refractivity contribution in [1.29, 1.82) is 0 Å². The largest absolute Gasteiger partial charge is 0.464 e. The Hall–Kier alpha value is -2.43. The van der Waals surface area contributed by atoms with Crippen LogP contribution in [0.1, 0.15) is 26.4 Å². The Bertz CT molecular complexity index is 585. The highest BCUT2D eigenvalue weighted by atomic mass is 16.5. The normalized spacial score (nSPS) is 10.1. The van der Waals surface area contributed by atoms with E-state index in [-0.39, 0.29) is 11.3 Å². The number of ether oxygens (including phenoxy) is 1. The Morgan fingerprint density at radius 3 is 2.56 bits per heavy atom. The highest BCUT2D eigenvalue weighted by Crippen LogP contribution is 2.12. The lowest BCUT2D eigenvalue weighted by Crippen LogP contribution is -2.06. The maximum atomic E-state index is 11.4. The van der Waals surface area contributed by atoms with Crippen LogP contribution in [0, 0.1) is 6.92 Å². The van der Waals surface area contributed by atoms with E-state index in [0.29, 0.717) is 6.29 Å². The van der Waals surface area contributed by atoms with Crippen molar-refractivity contribution in [3.05, 3.63) is 47.3 Å². The van der Waals surface area contributed by atoms with Crippen LogP contribution >= 0.6 is 0 Å². The molecule has 0 atom stereocenters. The molecule has 0 bridgehead atoms. The molecule has 1 aromatic carbocycles. The van der Waals surface area contributed by atoms with Gasteiger partial charge in [-0.2, -0.15) is 5.10 Å². The zero-order valence-electron chi connectivity index (χ0n) is 10.1. The first-order valence-electron chi connectivity index (χ1n) is 5.36. The second-order valence-corrected chi connectivity index (χ2v) is 3.82. The number of hydrogen-bond donors (Lipinski definition) is 0. The molecule has 0 saturated carbocycles. The van der Waals surface area contributed by atoms with Crippen LogP contribution in [0.3, 0.4) is 0 Å². The number of benzene rings is 1. The van der Waals surface area contributed by atoms with Gasteiger partial charge < -0.3 is 4.74 Å². The molecule has 18 heavy (non-hydrogen) atoms. The summed E-state index contributed by atoms with van der Waals surface area (Å²) in [4.78, 5) is 22.3. The SMILES string of the molecule is COC(=O)c1nn(-c2ccc(C)cc2)cc1C=O. The Kier molecular flexibility index (Phi) is 3.23. The summed E-state index contributed by atoms with van der Waals surface area (Å²) >= 11 is 0. The van der Waals surface area contributed by atoms with Gasteiger partial charge in [-0.25, -0.2) is 9.48 Å². The average molecular weight is 244 g/mol. The van der Waals surface area contributed by atoms with Crippen molar-refractivity contribution in [2.75, 3.05) is 7.11 Å². The topological polar surface area (TPSA) is 61.2 Å². The number of rotatable bonds is 3. The van der Waals surface area contributed by atoms with Crippen LogP contribution in [-0.4, -0.2) is 29.1 Å². The molecular formula is C13H12N2O3. The number of nitrogens with zero attached hydrogens (tertiary/aromatic N) is 2. The first-order chi connectivity index (χ1) is 8.65. The molecule has 0 unspecified atom stereocenters. The molecule has 5 nitrogen and oxygen atoms in total. The summed E-state index contributed by atoms with van der Waals surface area (Å²) in [6.07, 6.45) is 2.09. The zero-order valence-corrected chi connectivity index (χ0v) is 10.1. The lowest BCUT2D eigenvalue weighted by atomic mass is 10.2. The summed E-state index contributed by atoms with van der Waals surface area (Å²) in [5, 5.41) is 4.06. The predicted octanol–water partition coefficient (Wildman–Crippen LogP) is 1.78. The van der Waals surface area contributed by atoms with Gasteiger partial charge in [0.1, 0.15) is 0 Å². The van der Waals surface area contributed by atoms with Gasteiger partial charge in [-0.3, -0.25) is 4.79 Å². The summed E-state index contributed by atoms with van der Waals surface area (Å²) in [6.45, 7) is 1.98. The average Bonchev–Trinajstić information content (AvgIpc) is 2.82. The summed E-state index contributed by atoms with van der Waals surface area (Å²) < 4.78 is 6.05. The van der Waals surface area contributed by atoms with E-state index in [4.69, 9.17) is 0 Å². The van der Waals surface area contributed by atoms with Gasteiger partial charge in [-0.05, 0) is 19.1 Å². The fourth-order valence-electron chi connectivity index (χ4n) is 1.56. The van der Waals surface area contributed by atoms with Gasteiger partial charge in [0.05, 0.1) is 18.4 Å². The number of methoxy groups -OCH3 is 1. The van der Waals surface area contributed by atoms with E-state index in [0.717, 1.165) is 11.3 Å². The molecule has 0 N–H and O–H groups in total. The molecule has 2 rings (SSSR count). The van der Waals surface area contributed by atoms with E-state index in [1.807, 2.05) is 31.2 Å². The van der Waals surface area contributed by atoms with Crippen molar-refractivity contribution in [1.82, 2.24) is 9.78 Å². The van der Waals surface area contributed by atoms with Crippen LogP contribution in [0.5, 0.6) is 0 Å². The smallest absolute Gasteiger partial charge is 0.359 e. The number of carbonyl (C=O) groups is 2. The molecule has 0 aliphatic rings. The maximum absolute atomic E-state index is 11.4. The number of hydrogen-bond acceptors (Lipinski definition) is 4. The van der Waals surface area contributed by atoms with Crippen LogP contribution in [0.25, 0.3) is 5.69 Å². The van der Waals surface area contributed by atoms with Gasteiger partial charge in [0.25, 0.3) is 0 Å². The van der Waals surface area contributed by atoms with Crippen molar-refractivity contribution in [3.8, 4) is 5.69 Å². The standard InChI is InChI=1S/C13H12N2O3/c1-9-3-5-11(6-4-9)15-7-10(8-16)12(14-15)13(17)18-2/h3-8H,1-2H3. The van der Waals surface area contributed by atoms with Gasteiger partial charge in [-0.1, -0.05) is 17.7 Å². The third-order valence-electron chi connectivity index (χ3n) is 2.55. The van der Waals surface area contributed by atoms with Crippen LogP contribution < -0.4 is 0 Å². The lowest BCUT2D eigenvalue weighted by Gasteiger charge is -2.00. The Labute approximate surface area is 104 Å². The number of esters is 1. The minimum absolute atomic E-state index is 0.0214. The summed E-state index contributed by atoms with van der Waals surface area (Å²) in [6, 6.07) is 7.57. The van der Waals surface area contributed by atoms with Gasteiger partial charge in [0.2, 0.25) is 0 Å². The second kappa shape index (κ2) is 4.83. The molecule has 0 aliphatic carbocycles. The van der Waals surface area contributed by atoms with E-state index < -0.39 is 5.97 Å². The summed E-state index contributed by atoms with van der Waals surface area (Å²) in [5.41, 5.74) is 2.13. The molecule has 0 spiro atoms. The molecule has 0 fully saturated rings. The van der Waals surface area contributed by atoms with Crippen molar-refractivity contribution in [2.24, 2.45) is 0 Å². The molecule has 0 amide bonds. The Morgan fingerprint density at radius 2 is 2.00 bits per heavy atom. The van der Waals surface area contributed by atoms with E-state index in [2.05, 4.69) is 9.84 Å². The first-order valence-corrected chi connectivity index (χ1v) is 5.36. The Morgan fingerprint density at radius 1 is 1.33 bits per heavy atom. The number of aromatic nitrogens is 2. The van der Waals surface area contributed by atoms with E-state index in [1.54, 1.807) is 0 Å². The maximum Gasteiger partial charge on any atom is 0.359 e. The Balaban J connectivity index is 2.47. The van der Waals surface area contributed by atoms with Crippen LogP contribution in [0.2, 0.25) is 0 Å².